The predicted molar refractivity (Wildman–Crippen MR) is 157 cm³/mol. The van der Waals surface area contributed by atoms with E-state index in [1.54, 1.807) is 12.3 Å². The van der Waals surface area contributed by atoms with Gasteiger partial charge in [0.05, 0.1) is 10.7 Å². The number of phenolic OH excluding ortho intramolecular Hbond substituents is 1. The molecule has 0 amide bonds. The van der Waals surface area contributed by atoms with Crippen molar-refractivity contribution in [3.05, 3.63) is 93.6 Å². The van der Waals surface area contributed by atoms with Gasteiger partial charge in [0.25, 0.3) is 0 Å². The van der Waals surface area contributed by atoms with E-state index in [0.717, 1.165) is 33.5 Å². The van der Waals surface area contributed by atoms with Gasteiger partial charge in [-0.3, -0.25) is 4.98 Å². The normalized spacial score (nSPS) is 14.2. The predicted octanol–water partition coefficient (Wildman–Crippen LogP) is 9.96. The topological polar surface area (TPSA) is 33.1 Å². The molecule has 2 nitrogen and oxygen atoms in total. The van der Waals surface area contributed by atoms with E-state index in [1.165, 1.54) is 22.3 Å². The van der Waals surface area contributed by atoms with Gasteiger partial charge in [-0.05, 0) is 86.6 Å². The number of hydrogen-bond acceptors (Lipinski definition) is 2. The Kier molecular flexibility index (Phi) is 5.39. The fourth-order valence-corrected chi connectivity index (χ4v) is 6.58. The second-order valence-corrected chi connectivity index (χ2v) is 12.8. The molecule has 0 atom stereocenters. The Bertz CT molecular complexity index is 1740. The lowest BCUT2D eigenvalue weighted by Gasteiger charge is -2.25. The smallest absolute Gasteiger partial charge is 0.128 e. The lowest BCUT2D eigenvalue weighted by molar-refractivity contribution is 0.397. The molecule has 1 aliphatic rings. The van der Waals surface area contributed by atoms with Crippen molar-refractivity contribution in [3.63, 3.8) is 0 Å². The number of hydrogen-bond donors (Lipinski definition) is 1. The fourth-order valence-electron chi connectivity index (χ4n) is 5.98. The standard InChI is InChI=1S/C33H29Cl2NO/c1-32(2,3)17-25-22-16-27-23(21-8-6-7-9-26(21)33(27,4)5)13-19(22)14-24(31(25)37)30-29-18(10-11-36-30)12-20(34)15-28(29)35/h6-16,37H,17H2,1-5H3. The minimum atomic E-state index is -0.114. The number of halogens is 2. The maximum Gasteiger partial charge on any atom is 0.128 e. The molecule has 1 aliphatic carbocycles. The van der Waals surface area contributed by atoms with Gasteiger partial charge in [-0.2, -0.15) is 0 Å². The number of fused-ring (bicyclic) bond motifs is 5. The zero-order chi connectivity index (χ0) is 26.3. The summed E-state index contributed by atoms with van der Waals surface area (Å²) in [5, 5.41) is 16.8. The quantitative estimate of drug-likeness (QED) is 0.248. The third-order valence-corrected chi connectivity index (χ3v) is 8.18. The molecule has 0 aliphatic heterocycles. The summed E-state index contributed by atoms with van der Waals surface area (Å²) >= 11 is 13.0. The van der Waals surface area contributed by atoms with Gasteiger partial charge in [0.1, 0.15) is 5.75 Å². The van der Waals surface area contributed by atoms with Crippen LogP contribution in [0.4, 0.5) is 0 Å². The Hall–Kier alpha value is -3.07. The number of aromatic hydroxyl groups is 1. The monoisotopic (exact) mass is 525 g/mol. The number of aromatic nitrogens is 1. The molecule has 5 aromatic rings. The third-order valence-electron chi connectivity index (χ3n) is 7.66. The molecule has 0 bridgehead atoms. The van der Waals surface area contributed by atoms with Crippen LogP contribution in [0.2, 0.25) is 10.0 Å². The van der Waals surface area contributed by atoms with Crippen molar-refractivity contribution in [2.45, 2.75) is 46.5 Å². The molecule has 0 saturated heterocycles. The van der Waals surface area contributed by atoms with Crippen molar-refractivity contribution in [1.82, 2.24) is 4.98 Å². The van der Waals surface area contributed by atoms with Gasteiger partial charge < -0.3 is 5.11 Å². The Morgan fingerprint density at radius 1 is 0.838 bits per heavy atom. The lowest BCUT2D eigenvalue weighted by atomic mass is 9.79. The molecule has 4 aromatic carbocycles. The average molecular weight is 527 g/mol. The summed E-state index contributed by atoms with van der Waals surface area (Å²) in [6, 6.07) is 20.8. The van der Waals surface area contributed by atoms with Gasteiger partial charge >= 0.3 is 0 Å². The van der Waals surface area contributed by atoms with Crippen LogP contribution in [0.15, 0.2) is 66.9 Å². The molecule has 37 heavy (non-hydrogen) atoms. The minimum Gasteiger partial charge on any atom is -0.507 e. The first kappa shape index (κ1) is 24.3. The zero-order valence-corrected chi connectivity index (χ0v) is 23.2. The Balaban J connectivity index is 1.71. The van der Waals surface area contributed by atoms with Crippen molar-refractivity contribution < 1.29 is 5.11 Å². The van der Waals surface area contributed by atoms with Crippen LogP contribution in [0, 0.1) is 5.41 Å². The molecule has 0 fully saturated rings. The van der Waals surface area contributed by atoms with Crippen molar-refractivity contribution in [2.75, 3.05) is 0 Å². The largest absolute Gasteiger partial charge is 0.507 e. The summed E-state index contributed by atoms with van der Waals surface area (Å²) in [6.07, 6.45) is 2.47. The maximum atomic E-state index is 11.9. The van der Waals surface area contributed by atoms with E-state index in [-0.39, 0.29) is 16.6 Å². The Morgan fingerprint density at radius 3 is 2.32 bits per heavy atom. The van der Waals surface area contributed by atoms with Crippen LogP contribution >= 0.6 is 23.2 Å². The fraction of sp³-hybridized carbons (Fsp3) is 0.242. The molecular weight excluding hydrogens is 497 g/mol. The highest BCUT2D eigenvalue weighted by molar-refractivity contribution is 6.39. The summed E-state index contributed by atoms with van der Waals surface area (Å²) in [5.41, 5.74) is 7.31. The van der Waals surface area contributed by atoms with E-state index in [4.69, 9.17) is 28.2 Å². The summed E-state index contributed by atoms with van der Waals surface area (Å²) in [5.74, 6) is 0.265. The highest BCUT2D eigenvalue weighted by Gasteiger charge is 2.36. The Labute approximate surface area is 227 Å². The zero-order valence-electron chi connectivity index (χ0n) is 21.7. The van der Waals surface area contributed by atoms with Crippen molar-refractivity contribution in [3.8, 4) is 28.1 Å². The van der Waals surface area contributed by atoms with Crippen molar-refractivity contribution in [1.29, 1.82) is 0 Å². The highest BCUT2D eigenvalue weighted by Crippen LogP contribution is 2.52. The van der Waals surface area contributed by atoms with Gasteiger partial charge in [-0.25, -0.2) is 0 Å². The van der Waals surface area contributed by atoms with Crippen LogP contribution in [0.1, 0.15) is 51.3 Å². The first-order chi connectivity index (χ1) is 17.5. The minimum absolute atomic E-state index is 0.0299. The number of pyridine rings is 1. The van der Waals surface area contributed by atoms with E-state index in [9.17, 15) is 5.11 Å². The third kappa shape index (κ3) is 3.81. The molecule has 4 heteroatoms. The summed E-state index contributed by atoms with van der Waals surface area (Å²) < 4.78 is 0. The second-order valence-electron chi connectivity index (χ2n) is 11.9. The Morgan fingerprint density at radius 2 is 1.57 bits per heavy atom. The van der Waals surface area contributed by atoms with Crippen LogP contribution in [-0.4, -0.2) is 10.1 Å². The van der Waals surface area contributed by atoms with Crippen molar-refractivity contribution >= 4 is 44.7 Å². The van der Waals surface area contributed by atoms with E-state index in [0.29, 0.717) is 21.3 Å². The first-order valence-electron chi connectivity index (χ1n) is 12.6. The molecule has 0 saturated carbocycles. The average Bonchev–Trinajstić information content (AvgIpc) is 3.05. The summed E-state index contributed by atoms with van der Waals surface area (Å²) in [6.45, 7) is 11.2. The van der Waals surface area contributed by atoms with Crippen molar-refractivity contribution in [2.24, 2.45) is 5.41 Å². The lowest BCUT2D eigenvalue weighted by Crippen LogP contribution is -2.15. The number of phenols is 1. The molecule has 0 radical (unpaired) electrons. The van der Waals surface area contributed by atoms with Gasteiger partial charge in [-0.1, -0.05) is 82.1 Å². The molecule has 1 aromatic heterocycles. The second kappa shape index (κ2) is 8.21. The van der Waals surface area contributed by atoms with Gasteiger partial charge in [0.15, 0.2) is 0 Å². The molecule has 6 rings (SSSR count). The van der Waals surface area contributed by atoms with Crippen LogP contribution in [-0.2, 0) is 11.8 Å². The maximum absolute atomic E-state index is 11.9. The van der Waals surface area contributed by atoms with E-state index < -0.39 is 0 Å². The van der Waals surface area contributed by atoms with Crippen LogP contribution in [0.3, 0.4) is 0 Å². The van der Waals surface area contributed by atoms with E-state index in [1.807, 2.05) is 12.1 Å². The highest BCUT2D eigenvalue weighted by atomic mass is 35.5. The SMILES string of the molecule is CC(C)(C)Cc1c(O)c(-c2nccc3cc(Cl)cc(Cl)c23)cc2cc3c(cc12)C(C)(C)c1ccccc1-3. The number of rotatable bonds is 2. The molecule has 1 N–H and O–H groups in total. The number of nitrogens with zero attached hydrogens (tertiary/aromatic N) is 1. The summed E-state index contributed by atoms with van der Waals surface area (Å²) in [7, 11) is 0. The molecule has 0 unspecified atom stereocenters. The van der Waals surface area contributed by atoms with Crippen LogP contribution in [0.5, 0.6) is 5.75 Å². The van der Waals surface area contributed by atoms with E-state index in [2.05, 4.69) is 77.1 Å². The van der Waals surface area contributed by atoms with E-state index >= 15 is 0 Å². The van der Waals surface area contributed by atoms with Crippen LogP contribution in [0.25, 0.3) is 43.9 Å². The molecule has 0 spiro atoms. The van der Waals surface area contributed by atoms with Gasteiger partial charge in [0, 0.05) is 33.1 Å². The number of benzene rings is 4. The van der Waals surface area contributed by atoms with Crippen LogP contribution < -0.4 is 0 Å². The van der Waals surface area contributed by atoms with Gasteiger partial charge in [0.2, 0.25) is 0 Å². The molecular formula is C33H29Cl2NO. The first-order valence-corrected chi connectivity index (χ1v) is 13.4. The molecule has 1 heterocycles. The van der Waals surface area contributed by atoms with Gasteiger partial charge in [-0.15, -0.1) is 0 Å². The molecule has 186 valence electrons. The summed E-state index contributed by atoms with van der Waals surface area (Å²) in [4.78, 5) is 4.72.